The Morgan fingerprint density at radius 1 is 0.375 bits per heavy atom. The van der Waals surface area contributed by atoms with Crippen LogP contribution in [-0.2, 0) is 0 Å². The lowest BCUT2D eigenvalue weighted by atomic mass is 9.71. The van der Waals surface area contributed by atoms with E-state index in [2.05, 4.69) is 133 Å². The van der Waals surface area contributed by atoms with Gasteiger partial charge in [-0.15, -0.1) is 0 Å². The van der Waals surface area contributed by atoms with Gasteiger partial charge in [0.2, 0.25) is 0 Å². The van der Waals surface area contributed by atoms with Gasteiger partial charge in [0.05, 0.1) is 0 Å². The van der Waals surface area contributed by atoms with E-state index in [9.17, 15) is 0 Å². The average Bonchev–Trinajstić information content (AvgIpc) is 2.58. The maximum absolute atomic E-state index is 2.27. The molecule has 0 radical (unpaired) electrons. The lowest BCUT2D eigenvalue weighted by Gasteiger charge is -2.34. The van der Waals surface area contributed by atoms with Crippen LogP contribution < -0.4 is 0 Å². The standard InChI is InChI=1S/C14H12.C8H18.2C5H12/c1-3-7-13(8-4-1)11-12-14-9-5-2-6-10-14;1-7(2,3)8(4,5)6;2*1-5(2,3)4/h1-12H;1-6H3;2*1-4H3/b12-11+;;;. The molecular weight excluding hydrogens is 384 g/mol. The molecule has 0 aliphatic carbocycles. The second-order valence-electron chi connectivity index (χ2n) is 13.7. The normalized spacial score (nSPS) is 11.9. The quantitative estimate of drug-likeness (QED) is 0.409. The summed E-state index contributed by atoms with van der Waals surface area (Å²) >= 11 is 0. The van der Waals surface area contributed by atoms with Crippen molar-refractivity contribution in [3.63, 3.8) is 0 Å². The summed E-state index contributed by atoms with van der Waals surface area (Å²) in [5, 5.41) is 0. The first-order chi connectivity index (χ1) is 14.2. The average molecular weight is 439 g/mol. The van der Waals surface area contributed by atoms with Crippen molar-refractivity contribution in [3.05, 3.63) is 71.8 Å². The minimum atomic E-state index is 0.437. The molecule has 0 heterocycles. The molecule has 0 bridgehead atoms. The van der Waals surface area contributed by atoms with Gasteiger partial charge >= 0.3 is 0 Å². The highest BCUT2D eigenvalue weighted by atomic mass is 14.3. The van der Waals surface area contributed by atoms with E-state index in [-0.39, 0.29) is 0 Å². The van der Waals surface area contributed by atoms with Gasteiger partial charge in [0.15, 0.2) is 0 Å². The lowest BCUT2D eigenvalue weighted by molar-refractivity contribution is 0.157. The van der Waals surface area contributed by atoms with Crippen LogP contribution >= 0.6 is 0 Å². The van der Waals surface area contributed by atoms with E-state index in [0.29, 0.717) is 21.7 Å². The molecule has 0 fully saturated rings. The molecule has 0 aliphatic rings. The summed E-state index contributed by atoms with van der Waals surface area (Å²) in [4.78, 5) is 0. The predicted molar refractivity (Wildman–Crippen MR) is 151 cm³/mol. The van der Waals surface area contributed by atoms with Gasteiger partial charge in [0, 0.05) is 0 Å². The maximum Gasteiger partial charge on any atom is -0.0256 e. The summed E-state index contributed by atoms with van der Waals surface area (Å²) in [7, 11) is 0. The highest BCUT2D eigenvalue weighted by Gasteiger charge is 2.26. The van der Waals surface area contributed by atoms with Crippen LogP contribution in [0.2, 0.25) is 0 Å². The molecule has 0 amide bonds. The number of rotatable bonds is 2. The Balaban J connectivity index is 0. The van der Waals surface area contributed by atoms with Crippen LogP contribution in [0.3, 0.4) is 0 Å². The van der Waals surface area contributed by atoms with Crippen molar-refractivity contribution in [2.24, 2.45) is 21.7 Å². The number of hydrogen-bond acceptors (Lipinski definition) is 0. The first-order valence-electron chi connectivity index (χ1n) is 12.0. The third kappa shape index (κ3) is 26.2. The molecule has 0 aliphatic heterocycles. The van der Waals surface area contributed by atoms with E-state index in [1.54, 1.807) is 0 Å². The van der Waals surface area contributed by atoms with Crippen LogP contribution in [0.4, 0.5) is 0 Å². The summed E-state index contributed by atoms with van der Waals surface area (Å²) in [5.41, 5.74) is 4.34. The molecule has 0 saturated heterocycles. The zero-order chi connectivity index (χ0) is 25.6. The minimum Gasteiger partial charge on any atom is -0.0622 e. The van der Waals surface area contributed by atoms with E-state index in [4.69, 9.17) is 0 Å². The second kappa shape index (κ2) is 14.4. The summed E-state index contributed by atoms with van der Waals surface area (Å²) in [6.45, 7) is 31.1. The monoisotopic (exact) mass is 438 g/mol. The van der Waals surface area contributed by atoms with Gasteiger partial charge in [-0.1, -0.05) is 170 Å². The van der Waals surface area contributed by atoms with E-state index in [0.717, 1.165) is 0 Å². The Bertz CT molecular complexity index is 629. The van der Waals surface area contributed by atoms with E-state index in [1.807, 2.05) is 36.4 Å². The third-order valence-electron chi connectivity index (χ3n) is 4.32. The molecule has 0 nitrogen and oxygen atoms in total. The molecule has 2 aromatic carbocycles. The van der Waals surface area contributed by atoms with Crippen molar-refractivity contribution in [1.29, 1.82) is 0 Å². The summed E-state index contributed by atoms with van der Waals surface area (Å²) in [6.07, 6.45) is 4.24. The van der Waals surface area contributed by atoms with E-state index in [1.165, 1.54) is 11.1 Å². The van der Waals surface area contributed by atoms with Gasteiger partial charge in [0.1, 0.15) is 0 Å². The first kappa shape index (κ1) is 32.4. The molecule has 0 N–H and O–H groups in total. The number of benzene rings is 2. The summed E-state index contributed by atoms with van der Waals surface area (Å²) < 4.78 is 0. The molecular formula is C32H54. The van der Waals surface area contributed by atoms with Crippen LogP contribution in [0.15, 0.2) is 60.7 Å². The molecule has 2 aromatic rings. The maximum atomic E-state index is 2.27. The van der Waals surface area contributed by atoms with Crippen LogP contribution in [0.25, 0.3) is 12.2 Å². The van der Waals surface area contributed by atoms with Gasteiger partial charge in [0.25, 0.3) is 0 Å². The van der Waals surface area contributed by atoms with Gasteiger partial charge in [-0.3, -0.25) is 0 Å². The highest BCUT2D eigenvalue weighted by Crippen LogP contribution is 2.36. The SMILES string of the molecule is C(=C\c1ccccc1)/c1ccccc1.CC(C)(C)C.CC(C)(C)C.CC(C)(C)C(C)(C)C. The van der Waals surface area contributed by atoms with Gasteiger partial charge in [-0.2, -0.15) is 0 Å². The van der Waals surface area contributed by atoms with Gasteiger partial charge < -0.3 is 0 Å². The smallest absolute Gasteiger partial charge is 0.0256 e. The molecule has 0 atom stereocenters. The topological polar surface area (TPSA) is 0 Å². The van der Waals surface area contributed by atoms with Crippen LogP contribution in [0.5, 0.6) is 0 Å². The molecule has 0 heteroatoms. The fourth-order valence-corrected chi connectivity index (χ4v) is 1.32. The Morgan fingerprint density at radius 2 is 0.562 bits per heavy atom. The van der Waals surface area contributed by atoms with Gasteiger partial charge in [-0.05, 0) is 32.8 Å². The van der Waals surface area contributed by atoms with Crippen molar-refractivity contribution >= 4 is 12.2 Å². The Hall–Kier alpha value is -1.82. The zero-order valence-electron chi connectivity index (χ0n) is 23.9. The third-order valence-corrected chi connectivity index (χ3v) is 4.32. The van der Waals surface area contributed by atoms with Crippen LogP contribution in [-0.4, -0.2) is 0 Å². The second-order valence-corrected chi connectivity index (χ2v) is 13.7. The lowest BCUT2D eigenvalue weighted by Crippen LogP contribution is -2.25. The van der Waals surface area contributed by atoms with Crippen molar-refractivity contribution in [2.45, 2.75) is 96.9 Å². The van der Waals surface area contributed by atoms with E-state index < -0.39 is 0 Å². The van der Waals surface area contributed by atoms with E-state index >= 15 is 0 Å². The zero-order valence-corrected chi connectivity index (χ0v) is 23.9. The van der Waals surface area contributed by atoms with Crippen molar-refractivity contribution in [3.8, 4) is 0 Å². The highest BCUT2D eigenvalue weighted by molar-refractivity contribution is 5.69. The summed E-state index contributed by atoms with van der Waals surface area (Å²) in [5.74, 6) is 0. The van der Waals surface area contributed by atoms with Crippen molar-refractivity contribution < 1.29 is 0 Å². The number of hydrogen-bond donors (Lipinski definition) is 0. The molecule has 2 rings (SSSR count). The van der Waals surface area contributed by atoms with Crippen molar-refractivity contribution in [1.82, 2.24) is 0 Å². The summed E-state index contributed by atoms with van der Waals surface area (Å²) in [6, 6.07) is 20.6. The largest absolute Gasteiger partial charge is 0.0622 e. The Morgan fingerprint density at radius 3 is 0.719 bits per heavy atom. The van der Waals surface area contributed by atoms with Crippen LogP contribution in [0.1, 0.15) is 108 Å². The van der Waals surface area contributed by atoms with Crippen LogP contribution in [0, 0.1) is 21.7 Å². The fourth-order valence-electron chi connectivity index (χ4n) is 1.32. The Labute approximate surface area is 202 Å². The molecule has 0 saturated carbocycles. The molecule has 0 spiro atoms. The minimum absolute atomic E-state index is 0.437. The fraction of sp³-hybridized carbons (Fsp3) is 0.562. The van der Waals surface area contributed by atoms with Crippen molar-refractivity contribution in [2.75, 3.05) is 0 Å². The molecule has 0 aromatic heterocycles. The molecule has 182 valence electrons. The molecule has 0 unspecified atom stereocenters. The Kier molecular flexibility index (Phi) is 14.5. The van der Waals surface area contributed by atoms with Gasteiger partial charge in [-0.25, -0.2) is 0 Å². The molecule has 32 heavy (non-hydrogen) atoms. The first-order valence-corrected chi connectivity index (χ1v) is 12.0. The predicted octanol–water partition coefficient (Wildman–Crippen LogP) is 11.0.